The first kappa shape index (κ1) is 10.8. The average molecular weight is 259 g/mol. The highest BCUT2D eigenvalue weighted by Crippen LogP contribution is 2.01. The molecular weight excluding hydrogens is 251 g/mol. The number of aromatic nitrogens is 1. The van der Waals surface area contributed by atoms with Gasteiger partial charge >= 0.3 is 0 Å². The summed E-state index contributed by atoms with van der Waals surface area (Å²) < 4.78 is 13.1. The molecule has 0 saturated heterocycles. The summed E-state index contributed by atoms with van der Waals surface area (Å²) in [6.07, 6.45) is 1.18. The Labute approximate surface area is 89.2 Å². The standard InChI is InChI=1S/C9H8BrFN2O/c1-6(10)4-13-9(14)7-2-3-8(11)12-5-7/h2-3,5H,1,4H2,(H,13,14). The van der Waals surface area contributed by atoms with Crippen molar-refractivity contribution in [2.75, 3.05) is 6.54 Å². The fourth-order valence-electron chi connectivity index (χ4n) is 0.788. The molecule has 1 rings (SSSR count). The number of halogens is 2. The summed E-state index contributed by atoms with van der Waals surface area (Å²) >= 11 is 3.10. The Hall–Kier alpha value is -1.23. The van der Waals surface area contributed by atoms with Crippen molar-refractivity contribution in [2.24, 2.45) is 0 Å². The Morgan fingerprint density at radius 1 is 1.64 bits per heavy atom. The van der Waals surface area contributed by atoms with E-state index in [-0.39, 0.29) is 5.91 Å². The fourth-order valence-corrected chi connectivity index (χ4v) is 0.929. The SMILES string of the molecule is C=C(Br)CNC(=O)c1ccc(F)nc1. The summed E-state index contributed by atoms with van der Waals surface area (Å²) in [7, 11) is 0. The molecule has 0 unspecified atom stereocenters. The monoisotopic (exact) mass is 258 g/mol. The van der Waals surface area contributed by atoms with Crippen molar-refractivity contribution in [1.82, 2.24) is 10.3 Å². The van der Waals surface area contributed by atoms with Gasteiger partial charge in [0.25, 0.3) is 5.91 Å². The summed E-state index contributed by atoms with van der Waals surface area (Å²) in [5.41, 5.74) is 0.320. The lowest BCUT2D eigenvalue weighted by Crippen LogP contribution is -2.24. The molecule has 0 aliphatic heterocycles. The minimum atomic E-state index is -0.605. The Morgan fingerprint density at radius 3 is 2.86 bits per heavy atom. The number of pyridine rings is 1. The zero-order valence-corrected chi connectivity index (χ0v) is 8.84. The van der Waals surface area contributed by atoms with Crippen LogP contribution in [0.15, 0.2) is 29.4 Å². The molecule has 14 heavy (non-hydrogen) atoms. The first-order valence-electron chi connectivity index (χ1n) is 3.82. The highest BCUT2D eigenvalue weighted by molar-refractivity contribution is 9.11. The minimum Gasteiger partial charge on any atom is -0.347 e. The predicted molar refractivity (Wildman–Crippen MR) is 54.6 cm³/mol. The second kappa shape index (κ2) is 4.85. The molecule has 0 fully saturated rings. The topological polar surface area (TPSA) is 42.0 Å². The lowest BCUT2D eigenvalue weighted by molar-refractivity contribution is 0.0957. The molecule has 1 aromatic rings. The van der Waals surface area contributed by atoms with E-state index in [1.165, 1.54) is 12.3 Å². The third-order valence-electron chi connectivity index (χ3n) is 1.43. The summed E-state index contributed by atoms with van der Waals surface area (Å²) in [6, 6.07) is 2.51. The first-order chi connectivity index (χ1) is 6.59. The fraction of sp³-hybridized carbons (Fsp3) is 0.111. The summed E-state index contributed by atoms with van der Waals surface area (Å²) in [5, 5.41) is 2.57. The van der Waals surface area contributed by atoms with Crippen LogP contribution in [0.1, 0.15) is 10.4 Å². The smallest absolute Gasteiger partial charge is 0.253 e. The molecule has 1 heterocycles. The minimum absolute atomic E-state index is 0.307. The van der Waals surface area contributed by atoms with Crippen LogP contribution < -0.4 is 5.32 Å². The van der Waals surface area contributed by atoms with E-state index in [4.69, 9.17) is 0 Å². The molecule has 0 atom stereocenters. The summed E-state index contributed by atoms with van der Waals surface area (Å²) in [4.78, 5) is 14.7. The molecule has 0 radical (unpaired) electrons. The zero-order valence-electron chi connectivity index (χ0n) is 7.26. The van der Waals surface area contributed by atoms with Crippen LogP contribution in [0, 0.1) is 5.95 Å². The van der Waals surface area contributed by atoms with Crippen molar-refractivity contribution >= 4 is 21.8 Å². The molecule has 1 N–H and O–H groups in total. The lowest BCUT2D eigenvalue weighted by Gasteiger charge is -2.02. The number of nitrogens with one attached hydrogen (secondary N) is 1. The van der Waals surface area contributed by atoms with E-state index in [1.807, 2.05) is 0 Å². The van der Waals surface area contributed by atoms with Crippen LogP contribution in [-0.2, 0) is 0 Å². The summed E-state index contributed by atoms with van der Waals surface area (Å²) in [6.45, 7) is 3.89. The third-order valence-corrected chi connectivity index (χ3v) is 1.71. The van der Waals surface area contributed by atoms with Gasteiger partial charge in [-0.1, -0.05) is 22.5 Å². The first-order valence-corrected chi connectivity index (χ1v) is 4.62. The van der Waals surface area contributed by atoms with E-state index >= 15 is 0 Å². The van der Waals surface area contributed by atoms with Gasteiger partial charge in [-0.3, -0.25) is 4.79 Å². The van der Waals surface area contributed by atoms with Crippen molar-refractivity contribution < 1.29 is 9.18 Å². The highest BCUT2D eigenvalue weighted by atomic mass is 79.9. The number of rotatable bonds is 3. The van der Waals surface area contributed by atoms with Gasteiger partial charge in [0.2, 0.25) is 5.95 Å². The largest absolute Gasteiger partial charge is 0.347 e. The maximum absolute atomic E-state index is 12.4. The molecule has 0 saturated carbocycles. The predicted octanol–water partition coefficient (Wildman–Crippen LogP) is 1.86. The molecule has 5 heteroatoms. The molecule has 0 spiro atoms. The molecule has 0 bridgehead atoms. The Kier molecular flexibility index (Phi) is 3.76. The second-order valence-electron chi connectivity index (χ2n) is 2.57. The van der Waals surface area contributed by atoms with E-state index in [2.05, 4.69) is 32.8 Å². The molecule has 3 nitrogen and oxygen atoms in total. The van der Waals surface area contributed by atoms with Crippen molar-refractivity contribution in [1.29, 1.82) is 0 Å². The van der Waals surface area contributed by atoms with Crippen molar-refractivity contribution in [3.05, 3.63) is 40.9 Å². The third kappa shape index (κ3) is 3.26. The molecule has 1 aromatic heterocycles. The maximum atomic E-state index is 12.4. The van der Waals surface area contributed by atoms with Gasteiger partial charge in [0.1, 0.15) is 0 Å². The van der Waals surface area contributed by atoms with Gasteiger partial charge in [-0.2, -0.15) is 4.39 Å². The Balaban J connectivity index is 2.61. The van der Waals surface area contributed by atoms with Crippen LogP contribution >= 0.6 is 15.9 Å². The number of hydrogen-bond acceptors (Lipinski definition) is 2. The van der Waals surface area contributed by atoms with Gasteiger partial charge < -0.3 is 5.32 Å². The molecule has 74 valence electrons. The maximum Gasteiger partial charge on any atom is 0.253 e. The van der Waals surface area contributed by atoms with Gasteiger partial charge in [-0.25, -0.2) is 4.98 Å². The van der Waals surface area contributed by atoms with Gasteiger partial charge in [0, 0.05) is 17.2 Å². The van der Waals surface area contributed by atoms with Crippen LogP contribution in [0.3, 0.4) is 0 Å². The van der Waals surface area contributed by atoms with Crippen LogP contribution in [-0.4, -0.2) is 17.4 Å². The Morgan fingerprint density at radius 2 is 2.36 bits per heavy atom. The number of nitrogens with zero attached hydrogens (tertiary/aromatic N) is 1. The van der Waals surface area contributed by atoms with Crippen molar-refractivity contribution in [3.8, 4) is 0 Å². The van der Waals surface area contributed by atoms with Crippen LogP contribution in [0.2, 0.25) is 0 Å². The molecule has 0 aliphatic carbocycles. The average Bonchev–Trinajstić information content (AvgIpc) is 2.15. The van der Waals surface area contributed by atoms with Gasteiger partial charge in [0.15, 0.2) is 0 Å². The Bertz CT molecular complexity index is 350. The van der Waals surface area contributed by atoms with Crippen LogP contribution in [0.4, 0.5) is 4.39 Å². The molecule has 0 aliphatic rings. The van der Waals surface area contributed by atoms with E-state index < -0.39 is 5.95 Å². The molecule has 1 amide bonds. The van der Waals surface area contributed by atoms with E-state index in [9.17, 15) is 9.18 Å². The van der Waals surface area contributed by atoms with Gasteiger partial charge in [-0.15, -0.1) is 0 Å². The summed E-state index contributed by atoms with van der Waals surface area (Å²) in [5.74, 6) is -0.912. The number of carbonyl (C=O) groups excluding carboxylic acids is 1. The lowest BCUT2D eigenvalue weighted by atomic mass is 10.3. The quantitative estimate of drug-likeness (QED) is 0.842. The number of amides is 1. The molecular formula is C9H8BrFN2O. The molecule has 0 aromatic carbocycles. The van der Waals surface area contributed by atoms with E-state index in [0.29, 0.717) is 16.6 Å². The highest BCUT2D eigenvalue weighted by Gasteiger charge is 2.05. The van der Waals surface area contributed by atoms with Gasteiger partial charge in [0.05, 0.1) is 5.56 Å². The van der Waals surface area contributed by atoms with Crippen LogP contribution in [0.25, 0.3) is 0 Å². The number of carbonyl (C=O) groups is 1. The van der Waals surface area contributed by atoms with Gasteiger partial charge in [-0.05, 0) is 12.1 Å². The van der Waals surface area contributed by atoms with Crippen molar-refractivity contribution in [2.45, 2.75) is 0 Å². The zero-order chi connectivity index (χ0) is 10.6. The van der Waals surface area contributed by atoms with Crippen LogP contribution in [0.5, 0.6) is 0 Å². The van der Waals surface area contributed by atoms with E-state index in [1.54, 1.807) is 0 Å². The van der Waals surface area contributed by atoms with Crippen molar-refractivity contribution in [3.63, 3.8) is 0 Å². The normalized spacial score (nSPS) is 9.57. The second-order valence-corrected chi connectivity index (χ2v) is 3.69. The van der Waals surface area contributed by atoms with E-state index in [0.717, 1.165) is 6.07 Å². The number of hydrogen-bond donors (Lipinski definition) is 1.